The van der Waals surface area contributed by atoms with Crippen molar-refractivity contribution in [3.8, 4) is 0 Å². The molecule has 4 aliphatic heterocycles. The molecule has 0 amide bonds. The molecule has 15 heteroatoms. The van der Waals surface area contributed by atoms with Crippen LogP contribution in [0.4, 0.5) is 0 Å². The fourth-order valence-electron chi connectivity index (χ4n) is 15.2. The van der Waals surface area contributed by atoms with Crippen molar-refractivity contribution in [1.29, 1.82) is 0 Å². The second-order valence-corrected chi connectivity index (χ2v) is 21.9. The number of piperidine rings is 1. The van der Waals surface area contributed by atoms with Crippen molar-refractivity contribution in [2.24, 2.45) is 52.3 Å². The van der Waals surface area contributed by atoms with Gasteiger partial charge in [0.1, 0.15) is 48.8 Å². The third-order valence-corrected chi connectivity index (χ3v) is 18.7. The summed E-state index contributed by atoms with van der Waals surface area (Å²) in [6, 6.07) is 1.44. The summed E-state index contributed by atoms with van der Waals surface area (Å²) in [4.78, 5) is 2.94. The Morgan fingerprint density at radius 1 is 0.754 bits per heavy atom. The number of allylic oxidation sites excluding steroid dienone is 1. The van der Waals surface area contributed by atoms with Gasteiger partial charge in [0.2, 0.25) is 5.79 Å². The molecule has 0 aromatic rings. The predicted octanol–water partition coefficient (Wildman–Crippen LogP) is 1.17. The molecule has 4 saturated heterocycles. The van der Waals surface area contributed by atoms with Gasteiger partial charge >= 0.3 is 0 Å². The maximum Gasteiger partial charge on any atom is 0.202 e. The van der Waals surface area contributed by atoms with E-state index in [0.29, 0.717) is 35.6 Å². The lowest BCUT2D eigenvalue weighted by atomic mass is 9.47. The average Bonchev–Trinajstić information content (AvgIpc) is 3.70. The monoisotopic (exact) mass is 866 g/mol. The van der Waals surface area contributed by atoms with Crippen LogP contribution in [-0.4, -0.2) is 168 Å². The van der Waals surface area contributed by atoms with Gasteiger partial charge in [0.05, 0.1) is 31.0 Å². The van der Waals surface area contributed by atoms with E-state index < -0.39 is 98.0 Å². The first kappa shape index (κ1) is 45.3. The van der Waals surface area contributed by atoms with Crippen LogP contribution in [0.25, 0.3) is 0 Å². The molecule has 9 rings (SSSR count). The molecule has 0 aromatic heterocycles. The van der Waals surface area contributed by atoms with Crippen LogP contribution in [0, 0.1) is 52.3 Å². The molecular formula is C46H75NO14. The molecule has 0 bridgehead atoms. The second kappa shape index (κ2) is 16.5. The molecule has 22 unspecified atom stereocenters. The van der Waals surface area contributed by atoms with E-state index in [0.717, 1.165) is 43.1 Å². The van der Waals surface area contributed by atoms with Crippen molar-refractivity contribution in [2.45, 2.75) is 209 Å². The van der Waals surface area contributed by atoms with Gasteiger partial charge in [-0.25, -0.2) is 0 Å². The Labute approximate surface area is 360 Å². The first-order valence-corrected chi connectivity index (χ1v) is 23.7. The number of aliphatic hydroxyl groups is 9. The summed E-state index contributed by atoms with van der Waals surface area (Å²) in [6.07, 6.45) is -7.45. The molecule has 61 heavy (non-hydrogen) atoms. The summed E-state index contributed by atoms with van der Waals surface area (Å²) < 4.78 is 30.4. The highest BCUT2D eigenvalue weighted by Crippen LogP contribution is 2.70. The molecule has 4 heterocycles. The molecule has 0 aromatic carbocycles. The number of aliphatic hydroxyl groups excluding tert-OH is 8. The van der Waals surface area contributed by atoms with Gasteiger partial charge in [-0.3, -0.25) is 4.90 Å². The van der Waals surface area contributed by atoms with Crippen molar-refractivity contribution in [2.75, 3.05) is 13.2 Å². The molecule has 348 valence electrons. The van der Waals surface area contributed by atoms with Gasteiger partial charge in [-0.1, -0.05) is 39.3 Å². The minimum atomic E-state index is -2.65. The van der Waals surface area contributed by atoms with Crippen molar-refractivity contribution < 1.29 is 69.6 Å². The Hall–Kier alpha value is -0.860. The van der Waals surface area contributed by atoms with Crippen LogP contribution in [0.15, 0.2) is 11.6 Å². The zero-order chi connectivity index (χ0) is 43.7. The van der Waals surface area contributed by atoms with Gasteiger partial charge in [0.15, 0.2) is 12.6 Å². The van der Waals surface area contributed by atoms with Crippen molar-refractivity contribution >= 4 is 0 Å². The predicted molar refractivity (Wildman–Crippen MR) is 218 cm³/mol. The summed E-state index contributed by atoms with van der Waals surface area (Å²) in [5.74, 6) is 0.366. The minimum absolute atomic E-state index is 0.0303. The third kappa shape index (κ3) is 7.17. The molecule has 9 N–H and O–H groups in total. The lowest BCUT2D eigenvalue weighted by Gasteiger charge is -2.59. The third-order valence-electron chi connectivity index (χ3n) is 18.7. The smallest absolute Gasteiger partial charge is 0.202 e. The van der Waals surface area contributed by atoms with Gasteiger partial charge in [0.25, 0.3) is 0 Å². The zero-order valence-corrected chi connectivity index (χ0v) is 36.9. The Kier molecular flexibility index (Phi) is 12.2. The number of hydrogen-bond donors (Lipinski definition) is 9. The highest BCUT2D eigenvalue weighted by molar-refractivity contribution is 5.27. The Balaban J connectivity index is 0.942. The number of hydrogen-bond acceptors (Lipinski definition) is 15. The average molecular weight is 866 g/mol. The van der Waals surface area contributed by atoms with Crippen LogP contribution < -0.4 is 0 Å². The van der Waals surface area contributed by atoms with E-state index in [4.69, 9.17) is 23.7 Å². The molecule has 0 radical (unpaired) electrons. The van der Waals surface area contributed by atoms with Gasteiger partial charge in [-0.2, -0.15) is 0 Å². The number of nitrogens with zero attached hydrogens (tertiary/aromatic N) is 1. The number of fused-ring (bicyclic) bond motifs is 9. The summed E-state index contributed by atoms with van der Waals surface area (Å²) >= 11 is 0. The van der Waals surface area contributed by atoms with Gasteiger partial charge < -0.3 is 69.6 Å². The molecule has 0 spiro atoms. The van der Waals surface area contributed by atoms with Crippen molar-refractivity contribution in [1.82, 2.24) is 4.90 Å². The largest absolute Gasteiger partial charge is 0.396 e. The molecule has 5 aliphatic carbocycles. The van der Waals surface area contributed by atoms with Crippen LogP contribution in [0.2, 0.25) is 0 Å². The highest BCUT2D eigenvalue weighted by atomic mass is 16.8. The van der Waals surface area contributed by atoms with Crippen molar-refractivity contribution in [3.05, 3.63) is 11.6 Å². The van der Waals surface area contributed by atoms with E-state index in [9.17, 15) is 46.0 Å². The summed E-state index contributed by atoms with van der Waals surface area (Å²) in [5, 5.41) is 98.5. The highest BCUT2D eigenvalue weighted by Gasteiger charge is 2.67. The van der Waals surface area contributed by atoms with Gasteiger partial charge in [-0.15, -0.1) is 0 Å². The first-order chi connectivity index (χ1) is 28.8. The zero-order valence-electron chi connectivity index (χ0n) is 36.9. The van der Waals surface area contributed by atoms with E-state index in [-0.39, 0.29) is 17.9 Å². The molecule has 9 aliphatic rings. The SMILES string of the molecule is CC1OC(OC2C(OC3CC[C@@]4(C)C(=CCC5C6CC7C([C@H](C)C8CC[C@H](C)CN78)[C@@]6(C)CCC54)C3)CC(CO)C(O)(OC3OC(C)C(O)C(O)C3O)C2O)C(O)C(O)C1O. The van der Waals surface area contributed by atoms with Crippen LogP contribution >= 0.6 is 0 Å². The Morgan fingerprint density at radius 3 is 2.11 bits per heavy atom. The molecular weight excluding hydrogens is 790 g/mol. The maximum absolute atomic E-state index is 12.2. The Morgan fingerprint density at radius 2 is 1.43 bits per heavy atom. The topological polar surface area (TPSA) is 231 Å². The Bertz CT molecular complexity index is 1620. The maximum atomic E-state index is 12.2. The van der Waals surface area contributed by atoms with E-state index in [1.807, 2.05) is 0 Å². The molecule has 15 nitrogen and oxygen atoms in total. The standard InChI is InChI=1S/C46H75NO14/c1-20-7-10-30-21(2)33-31(47(30)18-20)17-29-27-9-8-24-15-26(11-13-44(24,5)28(27)12-14-45(29,33)6)59-32-16-25(19-48)46(56,61-43-39(54)37(52)35(50)23(4)58-43)41(55)40(32)60-42-38(53)36(51)34(49)22(3)57-42/h8,20-23,25-43,48-56H,7,9-19H2,1-6H3/t20-,21+,22?,23?,25?,26?,27?,28?,29?,30?,31?,32?,33?,34?,35?,36?,37?,38?,39?,40?,41?,42?,43?,44-,45-,46?/m0/s1. The van der Waals surface area contributed by atoms with Crippen LogP contribution in [0.3, 0.4) is 0 Å². The fourth-order valence-corrected chi connectivity index (χ4v) is 15.2. The summed E-state index contributed by atoms with van der Waals surface area (Å²) in [7, 11) is 0. The lowest BCUT2D eigenvalue weighted by Crippen LogP contribution is -2.70. The molecule has 4 saturated carbocycles. The lowest BCUT2D eigenvalue weighted by molar-refractivity contribution is -0.418. The van der Waals surface area contributed by atoms with Crippen LogP contribution in [0.5, 0.6) is 0 Å². The number of rotatable bonds is 7. The van der Waals surface area contributed by atoms with E-state index >= 15 is 0 Å². The van der Waals surface area contributed by atoms with Gasteiger partial charge in [-0.05, 0) is 124 Å². The second-order valence-electron chi connectivity index (χ2n) is 21.9. The van der Waals surface area contributed by atoms with Crippen LogP contribution in [0.1, 0.15) is 106 Å². The molecule has 8 fully saturated rings. The quantitative estimate of drug-likeness (QED) is 0.129. The summed E-state index contributed by atoms with van der Waals surface area (Å²) in [6.45, 7) is 13.6. The number of ether oxygens (including phenoxy) is 5. The van der Waals surface area contributed by atoms with E-state index in [1.165, 1.54) is 58.1 Å². The van der Waals surface area contributed by atoms with E-state index in [1.54, 1.807) is 0 Å². The fraction of sp³-hybridized carbons (Fsp3) is 0.957. The molecule has 26 atom stereocenters. The van der Waals surface area contributed by atoms with E-state index in [2.05, 4.69) is 38.7 Å². The van der Waals surface area contributed by atoms with Gasteiger partial charge in [0, 0.05) is 24.5 Å². The normalized spacial score (nSPS) is 58.5. The van der Waals surface area contributed by atoms with Crippen LogP contribution in [-0.2, 0) is 23.7 Å². The first-order valence-electron chi connectivity index (χ1n) is 23.7. The minimum Gasteiger partial charge on any atom is -0.396 e. The van der Waals surface area contributed by atoms with Crippen molar-refractivity contribution in [3.63, 3.8) is 0 Å². The summed E-state index contributed by atoms with van der Waals surface area (Å²) in [5.41, 5.74) is 1.79.